The summed E-state index contributed by atoms with van der Waals surface area (Å²) in [4.78, 5) is 21.6. The van der Waals surface area contributed by atoms with Crippen LogP contribution in [0.4, 0.5) is 9.59 Å². The second-order valence-corrected chi connectivity index (χ2v) is 6.85. The van der Waals surface area contributed by atoms with Crippen LogP contribution in [0.15, 0.2) is 22.7 Å². The largest absolute Gasteiger partial charge is 0.514 e. The maximum Gasteiger partial charge on any atom is 0.514 e. The van der Waals surface area contributed by atoms with Crippen LogP contribution in [-0.2, 0) is 18.9 Å². The fourth-order valence-electron chi connectivity index (χ4n) is 2.49. The number of rotatable bonds is 2. The molecule has 2 aliphatic heterocycles. The monoisotopic (exact) mass is 340 g/mol. The zero-order valence-corrected chi connectivity index (χ0v) is 15.9. The summed E-state index contributed by atoms with van der Waals surface area (Å²) in [6.07, 6.45) is 0.552. The molecule has 0 unspecified atom stereocenters. The van der Waals surface area contributed by atoms with E-state index in [1.165, 1.54) is 0 Å². The van der Waals surface area contributed by atoms with Crippen LogP contribution in [0.1, 0.15) is 68.2 Å². The Kier molecular flexibility index (Phi) is 6.09. The molecule has 0 aromatic rings. The first-order valence-electron chi connectivity index (χ1n) is 8.16. The van der Waals surface area contributed by atoms with Crippen molar-refractivity contribution in [1.82, 2.24) is 0 Å². The molecule has 136 valence electrons. The molecule has 2 saturated heterocycles. The van der Waals surface area contributed by atoms with Gasteiger partial charge in [0.05, 0.1) is 0 Å². The van der Waals surface area contributed by atoms with E-state index in [4.69, 9.17) is 18.9 Å². The van der Waals surface area contributed by atoms with E-state index in [2.05, 4.69) is 0 Å². The number of carbonyl (C=O) groups excluding carboxylic acids is 2. The highest BCUT2D eigenvalue weighted by atomic mass is 16.8. The van der Waals surface area contributed by atoms with Gasteiger partial charge in [0.25, 0.3) is 0 Å². The molecule has 0 saturated carbocycles. The Morgan fingerprint density at radius 3 is 1.21 bits per heavy atom. The van der Waals surface area contributed by atoms with Crippen molar-refractivity contribution >= 4 is 12.3 Å². The number of carbonyl (C=O) groups is 2. The zero-order chi connectivity index (χ0) is 18.7. The summed E-state index contributed by atoms with van der Waals surface area (Å²) in [6, 6.07) is 0. The van der Waals surface area contributed by atoms with Gasteiger partial charge in [-0.3, -0.25) is 0 Å². The lowest BCUT2D eigenvalue weighted by molar-refractivity contribution is 0.0859. The van der Waals surface area contributed by atoms with Crippen LogP contribution in [0.25, 0.3) is 0 Å². The number of allylic oxidation sites excluding steroid dienone is 2. The van der Waals surface area contributed by atoms with E-state index in [0.29, 0.717) is 11.5 Å². The summed E-state index contributed by atoms with van der Waals surface area (Å²) in [7, 11) is 0. The van der Waals surface area contributed by atoms with Gasteiger partial charge in [-0.25, -0.2) is 9.59 Å². The van der Waals surface area contributed by atoms with Crippen LogP contribution >= 0.6 is 0 Å². The highest BCUT2D eigenvalue weighted by Gasteiger charge is 2.40. The summed E-state index contributed by atoms with van der Waals surface area (Å²) < 4.78 is 19.8. The number of hydrogen-bond acceptors (Lipinski definition) is 6. The predicted octanol–water partition coefficient (Wildman–Crippen LogP) is 5.23. The molecule has 2 heterocycles. The highest BCUT2D eigenvalue weighted by molar-refractivity contribution is 5.67. The first-order chi connectivity index (χ1) is 10.9. The van der Waals surface area contributed by atoms with Crippen LogP contribution < -0.4 is 0 Å². The van der Waals surface area contributed by atoms with Crippen molar-refractivity contribution < 1.29 is 28.5 Å². The Morgan fingerprint density at radius 1 is 0.750 bits per heavy atom. The topological polar surface area (TPSA) is 71.1 Å². The molecule has 0 aliphatic carbocycles. The van der Waals surface area contributed by atoms with E-state index in [0.717, 1.165) is 24.0 Å². The van der Waals surface area contributed by atoms with Crippen molar-refractivity contribution in [2.24, 2.45) is 0 Å². The van der Waals surface area contributed by atoms with Crippen molar-refractivity contribution in [2.45, 2.75) is 79.4 Å². The van der Waals surface area contributed by atoms with Crippen LogP contribution in [0.3, 0.4) is 0 Å². The van der Waals surface area contributed by atoms with Gasteiger partial charge in [-0.1, -0.05) is 13.8 Å². The SMILES string of the molecule is CC/C(C)=C1/OC(=O)OC1(C)C.CC/C(C)=C1/OC(=O)OC1(C)C. The average molecular weight is 340 g/mol. The van der Waals surface area contributed by atoms with Crippen molar-refractivity contribution in [1.29, 1.82) is 0 Å². The van der Waals surface area contributed by atoms with Gasteiger partial charge < -0.3 is 18.9 Å². The molecule has 0 atom stereocenters. The molecular formula is C18H28O6. The number of cyclic esters (lactones) is 4. The molecule has 2 rings (SSSR count). The van der Waals surface area contributed by atoms with Gasteiger partial charge in [-0.15, -0.1) is 0 Å². The molecular weight excluding hydrogens is 312 g/mol. The molecule has 6 heteroatoms. The lowest BCUT2D eigenvalue weighted by Gasteiger charge is -2.15. The molecule has 2 fully saturated rings. The Hall–Kier alpha value is -1.98. The lowest BCUT2D eigenvalue weighted by atomic mass is 10.0. The van der Waals surface area contributed by atoms with E-state index in [-0.39, 0.29) is 0 Å². The quantitative estimate of drug-likeness (QED) is 0.641. The zero-order valence-electron chi connectivity index (χ0n) is 15.9. The Balaban J connectivity index is 0.000000240. The molecule has 0 radical (unpaired) electrons. The van der Waals surface area contributed by atoms with Crippen molar-refractivity contribution in [2.75, 3.05) is 0 Å². The molecule has 0 amide bonds. The first kappa shape index (κ1) is 20.1. The van der Waals surface area contributed by atoms with Crippen LogP contribution in [-0.4, -0.2) is 23.5 Å². The highest BCUT2D eigenvalue weighted by Crippen LogP contribution is 2.33. The van der Waals surface area contributed by atoms with E-state index in [1.54, 1.807) is 0 Å². The van der Waals surface area contributed by atoms with E-state index in [1.807, 2.05) is 55.4 Å². The molecule has 0 aromatic heterocycles. The molecule has 0 bridgehead atoms. The fourth-order valence-corrected chi connectivity index (χ4v) is 2.49. The van der Waals surface area contributed by atoms with Crippen LogP contribution in [0.5, 0.6) is 0 Å². The molecule has 24 heavy (non-hydrogen) atoms. The predicted molar refractivity (Wildman–Crippen MR) is 89.3 cm³/mol. The van der Waals surface area contributed by atoms with Gasteiger partial charge in [0, 0.05) is 0 Å². The number of hydrogen-bond donors (Lipinski definition) is 0. The van der Waals surface area contributed by atoms with Gasteiger partial charge in [0.2, 0.25) is 0 Å². The number of ether oxygens (including phenoxy) is 4. The molecule has 6 nitrogen and oxygen atoms in total. The molecule has 0 spiro atoms. The summed E-state index contributed by atoms with van der Waals surface area (Å²) in [6.45, 7) is 15.2. The van der Waals surface area contributed by atoms with Crippen LogP contribution in [0.2, 0.25) is 0 Å². The van der Waals surface area contributed by atoms with Gasteiger partial charge >= 0.3 is 12.3 Å². The Bertz CT molecular complexity index is 528. The normalized spacial score (nSPS) is 24.8. The molecule has 2 aliphatic rings. The molecule has 0 N–H and O–H groups in total. The van der Waals surface area contributed by atoms with Gasteiger partial charge in [0.1, 0.15) is 0 Å². The first-order valence-corrected chi connectivity index (χ1v) is 8.16. The third-order valence-electron chi connectivity index (χ3n) is 3.98. The van der Waals surface area contributed by atoms with E-state index < -0.39 is 23.5 Å². The van der Waals surface area contributed by atoms with Gasteiger partial charge in [-0.2, -0.15) is 0 Å². The third-order valence-corrected chi connectivity index (χ3v) is 3.98. The standard InChI is InChI=1S/2C9H14O3/c2*1-5-6(2)7-9(3,4)12-8(10)11-7/h2*5H2,1-4H3/b2*7-6+. The second-order valence-electron chi connectivity index (χ2n) is 6.85. The Labute approximate surface area is 143 Å². The fraction of sp³-hybridized carbons (Fsp3) is 0.667. The van der Waals surface area contributed by atoms with Crippen LogP contribution in [0, 0.1) is 0 Å². The smallest absolute Gasteiger partial charge is 0.420 e. The summed E-state index contributed by atoms with van der Waals surface area (Å²) in [5.74, 6) is 1.32. The second kappa shape index (κ2) is 7.28. The van der Waals surface area contributed by atoms with Crippen molar-refractivity contribution in [3.63, 3.8) is 0 Å². The minimum Gasteiger partial charge on any atom is -0.420 e. The molecule has 0 aromatic carbocycles. The minimum atomic E-state index is -0.595. The van der Waals surface area contributed by atoms with E-state index in [9.17, 15) is 9.59 Å². The minimum absolute atomic E-state index is 0.586. The average Bonchev–Trinajstić information content (AvgIpc) is 2.91. The maximum atomic E-state index is 10.8. The third kappa shape index (κ3) is 4.52. The van der Waals surface area contributed by atoms with E-state index >= 15 is 0 Å². The van der Waals surface area contributed by atoms with Crippen molar-refractivity contribution in [3.05, 3.63) is 22.7 Å². The van der Waals surface area contributed by atoms with Crippen molar-refractivity contribution in [3.8, 4) is 0 Å². The summed E-state index contributed by atoms with van der Waals surface area (Å²) in [5.41, 5.74) is 0.950. The summed E-state index contributed by atoms with van der Waals surface area (Å²) in [5, 5.41) is 0. The van der Waals surface area contributed by atoms with Gasteiger partial charge in [0.15, 0.2) is 22.7 Å². The summed E-state index contributed by atoms with van der Waals surface area (Å²) >= 11 is 0. The Morgan fingerprint density at radius 2 is 1.04 bits per heavy atom. The van der Waals surface area contributed by atoms with Gasteiger partial charge in [-0.05, 0) is 65.5 Å². The maximum absolute atomic E-state index is 10.8. The lowest BCUT2D eigenvalue weighted by Crippen LogP contribution is -2.21.